The van der Waals surface area contributed by atoms with Crippen LogP contribution in [0, 0.1) is 6.92 Å². The zero-order valence-corrected chi connectivity index (χ0v) is 16.4. The lowest BCUT2D eigenvalue weighted by molar-refractivity contribution is 0.232. The number of pyridine rings is 1. The SMILES string of the molecule is Cc1ccc(S(=O)(=O)OC(C)C/C=C/c2cncc(OC(C)C)c2)cc1. The fraction of sp³-hybridized carbons (Fsp3) is 0.350. The second kappa shape index (κ2) is 8.96. The maximum absolute atomic E-state index is 12.3. The lowest BCUT2D eigenvalue weighted by atomic mass is 10.2. The molecule has 26 heavy (non-hydrogen) atoms. The van der Waals surface area contributed by atoms with Crippen molar-refractivity contribution < 1.29 is 17.3 Å². The van der Waals surface area contributed by atoms with Crippen LogP contribution in [0.3, 0.4) is 0 Å². The maximum Gasteiger partial charge on any atom is 0.297 e. The Morgan fingerprint density at radius 1 is 1.12 bits per heavy atom. The molecule has 0 aliphatic carbocycles. The third-order valence-electron chi connectivity index (χ3n) is 3.49. The smallest absolute Gasteiger partial charge is 0.297 e. The number of aryl methyl sites for hydroxylation is 1. The molecule has 2 rings (SSSR count). The molecule has 0 fully saturated rings. The second-order valence-corrected chi connectivity index (χ2v) is 8.00. The summed E-state index contributed by atoms with van der Waals surface area (Å²) in [5.74, 6) is 0.702. The van der Waals surface area contributed by atoms with Gasteiger partial charge in [-0.05, 0) is 57.9 Å². The van der Waals surface area contributed by atoms with Gasteiger partial charge in [-0.1, -0.05) is 29.8 Å². The molecule has 0 amide bonds. The largest absolute Gasteiger partial charge is 0.489 e. The fourth-order valence-electron chi connectivity index (χ4n) is 2.28. The quantitative estimate of drug-likeness (QED) is 0.641. The van der Waals surface area contributed by atoms with Crippen LogP contribution in [0.5, 0.6) is 5.75 Å². The van der Waals surface area contributed by atoms with Crippen molar-refractivity contribution in [3.05, 3.63) is 59.9 Å². The molecule has 0 N–H and O–H groups in total. The molecule has 140 valence electrons. The van der Waals surface area contributed by atoms with Gasteiger partial charge in [0.15, 0.2) is 0 Å². The van der Waals surface area contributed by atoms with E-state index in [4.69, 9.17) is 8.92 Å². The molecule has 1 unspecified atom stereocenters. The van der Waals surface area contributed by atoms with Gasteiger partial charge in [0.2, 0.25) is 0 Å². The van der Waals surface area contributed by atoms with E-state index >= 15 is 0 Å². The first-order chi connectivity index (χ1) is 12.3. The Hall–Kier alpha value is -2.18. The van der Waals surface area contributed by atoms with Gasteiger partial charge in [0.05, 0.1) is 23.3 Å². The molecule has 5 nitrogen and oxygen atoms in total. The fourth-order valence-corrected chi connectivity index (χ4v) is 3.37. The predicted octanol–water partition coefficient (Wildman–Crippen LogP) is 4.37. The molecule has 0 aliphatic heterocycles. The van der Waals surface area contributed by atoms with Crippen LogP contribution in [0.15, 0.2) is 53.7 Å². The van der Waals surface area contributed by atoms with Gasteiger partial charge in [-0.25, -0.2) is 0 Å². The summed E-state index contributed by atoms with van der Waals surface area (Å²) in [5, 5.41) is 0. The average Bonchev–Trinajstić information content (AvgIpc) is 2.54. The van der Waals surface area contributed by atoms with Crippen LogP contribution >= 0.6 is 0 Å². The molecule has 0 radical (unpaired) electrons. The summed E-state index contributed by atoms with van der Waals surface area (Å²) in [6.07, 6.45) is 7.19. The van der Waals surface area contributed by atoms with E-state index in [9.17, 15) is 8.42 Å². The molecule has 1 heterocycles. The summed E-state index contributed by atoms with van der Waals surface area (Å²) in [6, 6.07) is 8.50. The van der Waals surface area contributed by atoms with E-state index in [1.54, 1.807) is 43.6 Å². The lowest BCUT2D eigenvalue weighted by Crippen LogP contribution is -2.15. The topological polar surface area (TPSA) is 65.5 Å². The molecule has 2 aromatic rings. The van der Waals surface area contributed by atoms with Gasteiger partial charge in [-0.2, -0.15) is 8.42 Å². The first-order valence-electron chi connectivity index (χ1n) is 8.54. The molecule has 6 heteroatoms. The number of rotatable bonds is 8. The van der Waals surface area contributed by atoms with Gasteiger partial charge < -0.3 is 4.74 Å². The highest BCUT2D eigenvalue weighted by Crippen LogP contribution is 2.18. The number of hydrogen-bond donors (Lipinski definition) is 0. The minimum absolute atomic E-state index is 0.0800. The Labute approximate surface area is 155 Å². The Balaban J connectivity index is 1.94. The Bertz CT molecular complexity index is 842. The van der Waals surface area contributed by atoms with Gasteiger partial charge in [0.1, 0.15) is 5.75 Å². The van der Waals surface area contributed by atoms with Crippen LogP contribution in [-0.2, 0) is 14.3 Å². The van der Waals surface area contributed by atoms with E-state index in [0.717, 1.165) is 11.1 Å². The van der Waals surface area contributed by atoms with Crippen LogP contribution < -0.4 is 4.74 Å². The third kappa shape index (κ3) is 6.28. The summed E-state index contributed by atoms with van der Waals surface area (Å²) in [6.45, 7) is 7.54. The number of aromatic nitrogens is 1. The third-order valence-corrected chi connectivity index (χ3v) is 4.92. The zero-order chi connectivity index (χ0) is 19.2. The highest BCUT2D eigenvalue weighted by molar-refractivity contribution is 7.86. The summed E-state index contributed by atoms with van der Waals surface area (Å²) >= 11 is 0. The van der Waals surface area contributed by atoms with Crippen LogP contribution in [-0.4, -0.2) is 25.6 Å². The van der Waals surface area contributed by atoms with E-state index in [2.05, 4.69) is 4.98 Å². The van der Waals surface area contributed by atoms with Gasteiger partial charge >= 0.3 is 0 Å². The number of ether oxygens (including phenoxy) is 1. The summed E-state index contributed by atoms with van der Waals surface area (Å²) in [7, 11) is -3.76. The Morgan fingerprint density at radius 3 is 2.46 bits per heavy atom. The molecule has 0 saturated heterocycles. The highest BCUT2D eigenvalue weighted by Gasteiger charge is 2.18. The molecular weight excluding hydrogens is 350 g/mol. The number of benzene rings is 1. The van der Waals surface area contributed by atoms with E-state index < -0.39 is 16.2 Å². The first kappa shape index (κ1) is 20.1. The van der Waals surface area contributed by atoms with E-state index in [0.29, 0.717) is 12.2 Å². The van der Waals surface area contributed by atoms with Gasteiger partial charge in [0.25, 0.3) is 10.1 Å². The van der Waals surface area contributed by atoms with Crippen molar-refractivity contribution in [3.8, 4) is 5.75 Å². The van der Waals surface area contributed by atoms with E-state index in [1.165, 1.54) is 0 Å². The molecule has 1 aromatic heterocycles. The molecule has 0 spiro atoms. The molecule has 1 atom stereocenters. The number of hydrogen-bond acceptors (Lipinski definition) is 5. The van der Waals surface area contributed by atoms with Crippen molar-refractivity contribution in [2.24, 2.45) is 0 Å². The van der Waals surface area contributed by atoms with E-state index in [-0.39, 0.29) is 11.0 Å². The van der Waals surface area contributed by atoms with E-state index in [1.807, 2.05) is 39.0 Å². The van der Waals surface area contributed by atoms with Crippen molar-refractivity contribution in [2.75, 3.05) is 0 Å². The zero-order valence-electron chi connectivity index (χ0n) is 15.5. The summed E-state index contributed by atoms with van der Waals surface area (Å²) in [5.41, 5.74) is 1.88. The van der Waals surface area contributed by atoms with Crippen molar-refractivity contribution in [3.63, 3.8) is 0 Å². The first-order valence-corrected chi connectivity index (χ1v) is 9.95. The minimum Gasteiger partial charge on any atom is -0.489 e. The van der Waals surface area contributed by atoms with Crippen molar-refractivity contribution in [2.45, 2.75) is 51.2 Å². The average molecular weight is 375 g/mol. The molecule has 0 saturated carbocycles. The van der Waals surface area contributed by atoms with Crippen molar-refractivity contribution in [1.82, 2.24) is 4.98 Å². The second-order valence-electron chi connectivity index (χ2n) is 6.43. The summed E-state index contributed by atoms with van der Waals surface area (Å²) in [4.78, 5) is 4.31. The Kier molecular flexibility index (Phi) is 6.94. The molecular formula is C20H25NO4S. The standard InChI is InChI=1S/C20H25NO4S/c1-15(2)24-19-12-18(13-21-14-19)7-5-6-17(4)25-26(22,23)20-10-8-16(3)9-11-20/h5,7-15,17H,6H2,1-4H3/b7-5+. The van der Waals surface area contributed by atoms with Crippen molar-refractivity contribution in [1.29, 1.82) is 0 Å². The predicted molar refractivity (Wildman–Crippen MR) is 103 cm³/mol. The van der Waals surface area contributed by atoms with Crippen molar-refractivity contribution >= 4 is 16.2 Å². The van der Waals surface area contributed by atoms with Crippen LogP contribution in [0.4, 0.5) is 0 Å². The monoisotopic (exact) mass is 375 g/mol. The van der Waals surface area contributed by atoms with Gasteiger partial charge in [-0.15, -0.1) is 0 Å². The van der Waals surface area contributed by atoms with Gasteiger partial charge in [0, 0.05) is 6.20 Å². The maximum atomic E-state index is 12.3. The number of nitrogens with zero attached hydrogens (tertiary/aromatic N) is 1. The molecule has 0 aliphatic rings. The molecule has 0 bridgehead atoms. The van der Waals surface area contributed by atoms with Crippen LogP contribution in [0.2, 0.25) is 0 Å². The van der Waals surface area contributed by atoms with Crippen LogP contribution in [0.25, 0.3) is 6.08 Å². The lowest BCUT2D eigenvalue weighted by Gasteiger charge is -2.11. The van der Waals surface area contributed by atoms with Gasteiger partial charge in [-0.3, -0.25) is 9.17 Å². The molecule has 1 aromatic carbocycles. The minimum atomic E-state index is -3.76. The highest BCUT2D eigenvalue weighted by atomic mass is 32.2. The Morgan fingerprint density at radius 2 is 1.81 bits per heavy atom. The van der Waals surface area contributed by atoms with Crippen LogP contribution in [0.1, 0.15) is 38.3 Å². The summed E-state index contributed by atoms with van der Waals surface area (Å²) < 4.78 is 35.4. The normalized spacial score (nSPS) is 13.3.